The standard InChI is InChI=1S/C6H12N2O3S.C6H10O/c1-2-5(9)3-7-4-6(10)11-8-12;1-3-5-6(7)4-2/h7-8,12H,2-4H2,1H3;3H,1,4-5H2,2H3. The van der Waals surface area contributed by atoms with Crippen LogP contribution in [0.4, 0.5) is 0 Å². The van der Waals surface area contributed by atoms with E-state index >= 15 is 0 Å². The van der Waals surface area contributed by atoms with Crippen LogP contribution in [-0.2, 0) is 19.2 Å². The van der Waals surface area contributed by atoms with E-state index < -0.39 is 5.97 Å². The van der Waals surface area contributed by atoms with Crippen molar-refractivity contribution in [2.45, 2.75) is 33.1 Å². The first-order valence-corrected chi connectivity index (χ1v) is 6.40. The lowest BCUT2D eigenvalue weighted by Gasteiger charge is -2.01. The highest BCUT2D eigenvalue weighted by Crippen LogP contribution is 1.86. The third-order valence-electron chi connectivity index (χ3n) is 1.91. The van der Waals surface area contributed by atoms with Crippen molar-refractivity contribution >= 4 is 30.4 Å². The second-order valence-corrected chi connectivity index (χ2v) is 3.63. The van der Waals surface area contributed by atoms with E-state index in [4.69, 9.17) is 0 Å². The first-order chi connectivity index (χ1) is 9.01. The first kappa shape index (κ1) is 20.1. The first-order valence-electron chi connectivity index (χ1n) is 5.95. The average Bonchev–Trinajstić information content (AvgIpc) is 2.39. The Morgan fingerprint density at radius 1 is 1.16 bits per heavy atom. The van der Waals surface area contributed by atoms with E-state index in [1.165, 1.54) is 0 Å². The van der Waals surface area contributed by atoms with E-state index in [1.54, 1.807) is 13.0 Å². The largest absolute Gasteiger partial charge is 0.359 e. The highest BCUT2D eigenvalue weighted by Gasteiger charge is 2.02. The fourth-order valence-corrected chi connectivity index (χ4v) is 0.923. The summed E-state index contributed by atoms with van der Waals surface area (Å²) in [6, 6.07) is 0. The Hall–Kier alpha value is -1.18. The maximum absolute atomic E-state index is 10.7. The summed E-state index contributed by atoms with van der Waals surface area (Å²) in [6.45, 7) is 7.23. The molecule has 0 aliphatic rings. The minimum absolute atomic E-state index is 0.000694. The van der Waals surface area contributed by atoms with Crippen molar-refractivity contribution in [1.29, 1.82) is 0 Å². The number of carbonyl (C=O) groups excluding carboxylic acids is 3. The molecule has 19 heavy (non-hydrogen) atoms. The van der Waals surface area contributed by atoms with Crippen molar-refractivity contribution in [3.8, 4) is 0 Å². The van der Waals surface area contributed by atoms with Crippen LogP contribution in [-0.4, -0.2) is 30.6 Å². The Bertz CT molecular complexity index is 295. The molecule has 0 heterocycles. The molecule has 0 spiro atoms. The summed E-state index contributed by atoms with van der Waals surface area (Å²) in [7, 11) is 0. The molecule has 0 aromatic heterocycles. The predicted octanol–water partition coefficient (Wildman–Crippen LogP) is 0.989. The zero-order valence-electron chi connectivity index (χ0n) is 11.4. The van der Waals surface area contributed by atoms with Gasteiger partial charge < -0.3 is 10.2 Å². The monoisotopic (exact) mass is 290 g/mol. The zero-order chi connectivity index (χ0) is 15.1. The average molecular weight is 290 g/mol. The minimum atomic E-state index is -0.506. The molecule has 0 aliphatic carbocycles. The van der Waals surface area contributed by atoms with Crippen molar-refractivity contribution in [1.82, 2.24) is 10.2 Å². The minimum Gasteiger partial charge on any atom is -0.359 e. The van der Waals surface area contributed by atoms with E-state index in [9.17, 15) is 14.4 Å². The molecule has 0 unspecified atom stereocenters. The van der Waals surface area contributed by atoms with Crippen LogP contribution >= 0.6 is 12.8 Å². The predicted molar refractivity (Wildman–Crippen MR) is 76.5 cm³/mol. The Kier molecular flexibility index (Phi) is 15.8. The summed E-state index contributed by atoms with van der Waals surface area (Å²) < 4.78 is 0. The van der Waals surface area contributed by atoms with Gasteiger partial charge in [0.15, 0.2) is 0 Å². The number of carbonyl (C=O) groups is 3. The van der Waals surface area contributed by atoms with Crippen LogP contribution in [0.3, 0.4) is 0 Å². The van der Waals surface area contributed by atoms with Crippen LogP contribution in [0.5, 0.6) is 0 Å². The molecule has 0 saturated heterocycles. The van der Waals surface area contributed by atoms with Gasteiger partial charge in [-0.05, 0) is 0 Å². The van der Waals surface area contributed by atoms with Crippen molar-refractivity contribution in [3.05, 3.63) is 12.7 Å². The maximum atomic E-state index is 10.7. The molecular formula is C12H22N2O4S. The molecule has 7 heteroatoms. The second-order valence-electron chi connectivity index (χ2n) is 3.45. The highest BCUT2D eigenvalue weighted by atomic mass is 32.1. The van der Waals surface area contributed by atoms with Crippen LogP contribution in [0.2, 0.25) is 0 Å². The van der Waals surface area contributed by atoms with E-state index in [0.29, 0.717) is 19.3 Å². The normalized spacial score (nSPS) is 9.00. The summed E-state index contributed by atoms with van der Waals surface area (Å²) >= 11 is 3.45. The lowest BCUT2D eigenvalue weighted by Crippen LogP contribution is -2.30. The number of nitrogens with one attached hydrogen (secondary N) is 2. The molecule has 0 rings (SSSR count). The fraction of sp³-hybridized carbons (Fsp3) is 0.583. The van der Waals surface area contributed by atoms with Gasteiger partial charge in [-0.25, -0.2) is 4.79 Å². The molecule has 0 amide bonds. The molecular weight excluding hydrogens is 268 g/mol. The Labute approximate surface area is 119 Å². The number of allylic oxidation sites excluding steroid dienone is 1. The van der Waals surface area contributed by atoms with Gasteiger partial charge in [0.25, 0.3) is 0 Å². The maximum Gasteiger partial charge on any atom is 0.339 e. The highest BCUT2D eigenvalue weighted by molar-refractivity contribution is 7.77. The molecule has 6 nitrogen and oxygen atoms in total. The van der Waals surface area contributed by atoms with E-state index in [-0.39, 0.29) is 24.7 Å². The van der Waals surface area contributed by atoms with Gasteiger partial charge in [-0.1, -0.05) is 37.6 Å². The van der Waals surface area contributed by atoms with Gasteiger partial charge in [0, 0.05) is 19.3 Å². The van der Waals surface area contributed by atoms with Gasteiger partial charge >= 0.3 is 5.97 Å². The summed E-state index contributed by atoms with van der Waals surface area (Å²) in [5.74, 6) is -0.189. The van der Waals surface area contributed by atoms with Crippen LogP contribution in [0, 0.1) is 0 Å². The fourth-order valence-electron chi connectivity index (χ4n) is 0.821. The van der Waals surface area contributed by atoms with Gasteiger partial charge in [-0.2, -0.15) is 0 Å². The number of thiol groups is 1. The summed E-state index contributed by atoms with van der Waals surface area (Å²) in [6.07, 6.45) is 3.25. The smallest absolute Gasteiger partial charge is 0.339 e. The summed E-state index contributed by atoms with van der Waals surface area (Å²) in [5.41, 5.74) is 0. The zero-order valence-corrected chi connectivity index (χ0v) is 12.3. The lowest BCUT2D eigenvalue weighted by atomic mass is 10.2. The number of rotatable bonds is 9. The molecule has 0 aliphatic heterocycles. The SMILES string of the molecule is C=CCC(=O)CC.CCC(=O)CNCC(=O)ONS. The lowest BCUT2D eigenvalue weighted by molar-refractivity contribution is -0.145. The van der Waals surface area contributed by atoms with E-state index in [1.807, 2.05) is 11.8 Å². The number of hydrogen-bond donors (Lipinski definition) is 3. The second kappa shape index (κ2) is 14.9. The van der Waals surface area contributed by atoms with Crippen LogP contribution in [0.1, 0.15) is 33.1 Å². The molecule has 0 fully saturated rings. The third kappa shape index (κ3) is 16.8. The van der Waals surface area contributed by atoms with Crippen LogP contribution in [0.15, 0.2) is 12.7 Å². The van der Waals surface area contributed by atoms with Crippen molar-refractivity contribution in [2.24, 2.45) is 0 Å². The van der Waals surface area contributed by atoms with Crippen LogP contribution < -0.4 is 10.2 Å². The van der Waals surface area contributed by atoms with Crippen LogP contribution in [0.25, 0.3) is 0 Å². The van der Waals surface area contributed by atoms with Crippen molar-refractivity contribution < 1.29 is 19.2 Å². The van der Waals surface area contributed by atoms with Gasteiger partial charge in [-0.3, -0.25) is 9.59 Å². The van der Waals surface area contributed by atoms with Crippen molar-refractivity contribution in [2.75, 3.05) is 13.1 Å². The third-order valence-corrected chi connectivity index (χ3v) is 2.00. The molecule has 0 aromatic rings. The van der Waals surface area contributed by atoms with E-state index in [0.717, 1.165) is 0 Å². The Balaban J connectivity index is 0. The summed E-state index contributed by atoms with van der Waals surface area (Å²) in [5, 5.41) is 2.62. The molecule has 110 valence electrons. The molecule has 0 radical (unpaired) electrons. The molecule has 0 bridgehead atoms. The number of Topliss-reactive ketones (excluding diaryl/α,β-unsaturated/α-hetero) is 2. The van der Waals surface area contributed by atoms with Gasteiger partial charge in [0.1, 0.15) is 11.6 Å². The molecule has 0 aromatic carbocycles. The number of hydrogen-bond acceptors (Lipinski definition) is 7. The van der Waals surface area contributed by atoms with E-state index in [2.05, 4.69) is 29.5 Å². The van der Waals surface area contributed by atoms with Crippen molar-refractivity contribution in [3.63, 3.8) is 0 Å². The molecule has 2 N–H and O–H groups in total. The van der Waals surface area contributed by atoms with Gasteiger partial charge in [0.2, 0.25) is 0 Å². The van der Waals surface area contributed by atoms with Gasteiger partial charge in [0.05, 0.1) is 13.1 Å². The molecule has 0 atom stereocenters. The Morgan fingerprint density at radius 2 is 1.74 bits per heavy atom. The molecule has 0 saturated carbocycles. The topological polar surface area (TPSA) is 84.5 Å². The quantitative estimate of drug-likeness (QED) is 0.334. The van der Waals surface area contributed by atoms with Gasteiger partial charge in [-0.15, -0.1) is 6.58 Å². The summed E-state index contributed by atoms with van der Waals surface area (Å²) in [4.78, 5) is 37.9. The number of ketones is 2. The Morgan fingerprint density at radius 3 is 2.11 bits per heavy atom.